The number of hydrogen-bond acceptors (Lipinski definition) is 5. The molecule has 2 rings (SSSR count). The molecule has 4 nitrogen and oxygen atoms in total. The number of rotatable bonds is 4. The molecule has 2 aromatic rings. The highest BCUT2D eigenvalue weighted by atomic mass is 32.2. The maximum Gasteiger partial charge on any atom is 0.276 e. The fourth-order valence-electron chi connectivity index (χ4n) is 1.39. The van der Waals surface area contributed by atoms with Gasteiger partial charge in [0.1, 0.15) is 0 Å². The van der Waals surface area contributed by atoms with Gasteiger partial charge in [-0.25, -0.2) is 0 Å². The summed E-state index contributed by atoms with van der Waals surface area (Å²) >= 11 is 1.44. The van der Waals surface area contributed by atoms with Crippen LogP contribution in [0.5, 0.6) is 0 Å². The molecule has 0 aliphatic heterocycles. The molecular formula is C11H13N3OS. The van der Waals surface area contributed by atoms with Crippen LogP contribution in [0.15, 0.2) is 33.9 Å². The molecule has 1 aromatic carbocycles. The summed E-state index contributed by atoms with van der Waals surface area (Å²) in [5.41, 5.74) is 7.64. The number of hydrogen-bond donors (Lipinski definition) is 1. The van der Waals surface area contributed by atoms with Crippen LogP contribution in [-0.4, -0.2) is 23.0 Å². The van der Waals surface area contributed by atoms with Crippen LogP contribution in [0.25, 0.3) is 11.5 Å². The van der Waals surface area contributed by atoms with Gasteiger partial charge in [0.15, 0.2) is 0 Å². The number of nitrogens with two attached hydrogens (primary N) is 1. The van der Waals surface area contributed by atoms with E-state index in [4.69, 9.17) is 10.2 Å². The fraction of sp³-hybridized carbons (Fsp3) is 0.273. The zero-order valence-electron chi connectivity index (χ0n) is 9.01. The van der Waals surface area contributed by atoms with E-state index in [2.05, 4.69) is 10.2 Å². The van der Waals surface area contributed by atoms with E-state index >= 15 is 0 Å². The lowest BCUT2D eigenvalue weighted by atomic mass is 10.1. The third kappa shape index (κ3) is 2.43. The van der Waals surface area contributed by atoms with Crippen LogP contribution in [0.4, 0.5) is 0 Å². The molecule has 0 aliphatic carbocycles. The minimum Gasteiger partial charge on any atom is -0.411 e. The molecule has 0 saturated heterocycles. The Morgan fingerprint density at radius 2 is 2.00 bits per heavy atom. The van der Waals surface area contributed by atoms with E-state index in [9.17, 15) is 0 Å². The van der Waals surface area contributed by atoms with Crippen LogP contribution < -0.4 is 5.73 Å². The van der Waals surface area contributed by atoms with Crippen LogP contribution in [-0.2, 0) is 6.42 Å². The highest BCUT2D eigenvalue weighted by molar-refractivity contribution is 7.98. The zero-order valence-corrected chi connectivity index (χ0v) is 9.83. The molecule has 1 heterocycles. The maximum absolute atomic E-state index is 5.49. The van der Waals surface area contributed by atoms with Crippen molar-refractivity contribution in [1.29, 1.82) is 0 Å². The molecule has 0 fully saturated rings. The lowest BCUT2D eigenvalue weighted by molar-refractivity contribution is 0.466. The first-order valence-corrected chi connectivity index (χ1v) is 6.23. The summed E-state index contributed by atoms with van der Waals surface area (Å²) in [5, 5.41) is 8.45. The van der Waals surface area contributed by atoms with Gasteiger partial charge in [-0.1, -0.05) is 23.9 Å². The Kier molecular flexibility index (Phi) is 3.58. The smallest absolute Gasteiger partial charge is 0.276 e. The molecule has 0 unspecified atom stereocenters. The highest BCUT2D eigenvalue weighted by Crippen LogP contribution is 2.21. The van der Waals surface area contributed by atoms with Gasteiger partial charge >= 0.3 is 0 Å². The van der Waals surface area contributed by atoms with Gasteiger partial charge in [-0.05, 0) is 36.9 Å². The Hall–Kier alpha value is -1.33. The monoisotopic (exact) mass is 235 g/mol. The Bertz CT molecular complexity index is 453. The molecule has 0 aliphatic rings. The third-order valence-electron chi connectivity index (χ3n) is 2.21. The number of aromatic nitrogens is 2. The van der Waals surface area contributed by atoms with Crippen molar-refractivity contribution in [3.05, 3.63) is 29.8 Å². The van der Waals surface area contributed by atoms with Crippen molar-refractivity contribution in [3.63, 3.8) is 0 Å². The van der Waals surface area contributed by atoms with Gasteiger partial charge < -0.3 is 10.2 Å². The van der Waals surface area contributed by atoms with Crippen molar-refractivity contribution in [2.45, 2.75) is 11.6 Å². The molecule has 5 heteroatoms. The average Bonchev–Trinajstić information content (AvgIpc) is 2.79. The first-order chi connectivity index (χ1) is 7.83. The molecule has 0 bridgehead atoms. The van der Waals surface area contributed by atoms with Crippen molar-refractivity contribution in [2.24, 2.45) is 5.73 Å². The summed E-state index contributed by atoms with van der Waals surface area (Å²) < 4.78 is 5.43. The Morgan fingerprint density at radius 1 is 1.25 bits per heavy atom. The predicted octanol–water partition coefficient (Wildman–Crippen LogP) is 1.96. The van der Waals surface area contributed by atoms with Gasteiger partial charge in [0.2, 0.25) is 5.89 Å². The highest BCUT2D eigenvalue weighted by Gasteiger charge is 2.06. The third-order valence-corrected chi connectivity index (χ3v) is 2.73. The van der Waals surface area contributed by atoms with E-state index in [0.717, 1.165) is 12.0 Å². The molecule has 16 heavy (non-hydrogen) atoms. The largest absolute Gasteiger partial charge is 0.411 e. The van der Waals surface area contributed by atoms with Crippen LogP contribution in [0.3, 0.4) is 0 Å². The van der Waals surface area contributed by atoms with Crippen molar-refractivity contribution < 1.29 is 4.42 Å². The van der Waals surface area contributed by atoms with E-state index < -0.39 is 0 Å². The number of thioether (sulfide) groups is 1. The van der Waals surface area contributed by atoms with Gasteiger partial charge in [-0.15, -0.1) is 10.2 Å². The van der Waals surface area contributed by atoms with Gasteiger partial charge in [-0.3, -0.25) is 0 Å². The fourth-order valence-corrected chi connectivity index (χ4v) is 1.67. The number of benzene rings is 1. The zero-order chi connectivity index (χ0) is 11.4. The Balaban J connectivity index is 2.20. The van der Waals surface area contributed by atoms with E-state index in [-0.39, 0.29) is 0 Å². The maximum atomic E-state index is 5.49. The predicted molar refractivity (Wildman–Crippen MR) is 64.3 cm³/mol. The lowest BCUT2D eigenvalue weighted by Gasteiger charge is -1.99. The second kappa shape index (κ2) is 5.14. The van der Waals surface area contributed by atoms with E-state index in [1.54, 1.807) is 0 Å². The summed E-state index contributed by atoms with van der Waals surface area (Å²) in [6.07, 6.45) is 2.79. The van der Waals surface area contributed by atoms with Crippen LogP contribution >= 0.6 is 11.8 Å². The van der Waals surface area contributed by atoms with Crippen LogP contribution in [0, 0.1) is 0 Å². The van der Waals surface area contributed by atoms with Gasteiger partial charge in [-0.2, -0.15) is 0 Å². The summed E-state index contributed by atoms with van der Waals surface area (Å²) in [6, 6.07) is 8.02. The molecular weight excluding hydrogens is 222 g/mol. The van der Waals surface area contributed by atoms with Gasteiger partial charge in [0, 0.05) is 5.56 Å². The van der Waals surface area contributed by atoms with Crippen molar-refractivity contribution in [2.75, 3.05) is 12.8 Å². The molecule has 0 atom stereocenters. The second-order valence-corrected chi connectivity index (χ2v) is 4.07. The standard InChI is InChI=1S/C11H13N3OS/c1-16-11-14-13-10(15-11)9-4-2-8(3-5-9)6-7-12/h2-5H,6-7,12H2,1H3. The normalized spacial score (nSPS) is 10.6. The molecule has 2 N–H and O–H groups in total. The van der Waals surface area contributed by atoms with Gasteiger partial charge in [0.05, 0.1) is 0 Å². The van der Waals surface area contributed by atoms with Gasteiger partial charge in [0.25, 0.3) is 5.22 Å². The summed E-state index contributed by atoms with van der Waals surface area (Å²) in [7, 11) is 0. The summed E-state index contributed by atoms with van der Waals surface area (Å²) in [6.45, 7) is 0.663. The summed E-state index contributed by atoms with van der Waals surface area (Å²) in [4.78, 5) is 0. The van der Waals surface area contributed by atoms with E-state index in [1.165, 1.54) is 17.3 Å². The minimum absolute atomic E-state index is 0.559. The first kappa shape index (κ1) is 11.2. The van der Waals surface area contributed by atoms with Crippen LogP contribution in [0.1, 0.15) is 5.56 Å². The number of nitrogens with zero attached hydrogens (tertiary/aromatic N) is 2. The minimum atomic E-state index is 0.559. The van der Waals surface area contributed by atoms with E-state index in [0.29, 0.717) is 17.7 Å². The summed E-state index contributed by atoms with van der Waals surface area (Å²) in [5.74, 6) is 0.559. The van der Waals surface area contributed by atoms with Crippen molar-refractivity contribution in [1.82, 2.24) is 10.2 Å². The first-order valence-electron chi connectivity index (χ1n) is 5.00. The van der Waals surface area contributed by atoms with Crippen molar-refractivity contribution >= 4 is 11.8 Å². The molecule has 0 amide bonds. The average molecular weight is 235 g/mol. The Morgan fingerprint density at radius 3 is 2.56 bits per heavy atom. The molecule has 0 spiro atoms. The lowest BCUT2D eigenvalue weighted by Crippen LogP contribution is -2.02. The SMILES string of the molecule is CSc1nnc(-c2ccc(CCN)cc2)o1. The van der Waals surface area contributed by atoms with Crippen molar-refractivity contribution in [3.8, 4) is 11.5 Å². The molecule has 0 saturated carbocycles. The molecule has 1 aromatic heterocycles. The molecule has 84 valence electrons. The topological polar surface area (TPSA) is 64.9 Å². The van der Waals surface area contributed by atoms with Crippen LogP contribution in [0.2, 0.25) is 0 Å². The van der Waals surface area contributed by atoms with E-state index in [1.807, 2.05) is 30.5 Å². The second-order valence-electron chi connectivity index (χ2n) is 3.31. The Labute approximate surface area is 98.2 Å². The molecule has 0 radical (unpaired) electrons. The quantitative estimate of drug-likeness (QED) is 0.821.